The van der Waals surface area contributed by atoms with Gasteiger partial charge in [-0.25, -0.2) is 0 Å². The summed E-state index contributed by atoms with van der Waals surface area (Å²) in [5.41, 5.74) is 0.699. The Hall–Kier alpha value is -0.910. The molecule has 1 aromatic rings. The molecule has 21 heavy (non-hydrogen) atoms. The molecule has 1 N–H and O–H groups in total. The molecule has 0 spiro atoms. The van der Waals surface area contributed by atoms with Crippen molar-refractivity contribution in [2.45, 2.75) is 13.8 Å². The van der Waals surface area contributed by atoms with E-state index in [1.165, 1.54) is 23.5 Å². The summed E-state index contributed by atoms with van der Waals surface area (Å²) < 4.78 is 0.707. The van der Waals surface area contributed by atoms with E-state index in [-0.39, 0.29) is 17.3 Å². The molecular formula is C15H18ClNO2S2. The third-order valence-corrected chi connectivity index (χ3v) is 5.17. The van der Waals surface area contributed by atoms with E-state index in [4.69, 9.17) is 11.6 Å². The van der Waals surface area contributed by atoms with Gasteiger partial charge in [0.15, 0.2) is 5.78 Å². The van der Waals surface area contributed by atoms with Crippen molar-refractivity contribution in [3.63, 3.8) is 0 Å². The highest BCUT2D eigenvalue weighted by atomic mass is 35.5. The fourth-order valence-electron chi connectivity index (χ4n) is 1.63. The Morgan fingerprint density at radius 2 is 1.71 bits per heavy atom. The minimum absolute atomic E-state index is 0.168. The summed E-state index contributed by atoms with van der Waals surface area (Å²) in [6.45, 7) is 3.56. The number of carbonyl (C=O) groups excluding carboxylic acids is 2. The number of halogens is 1. The van der Waals surface area contributed by atoms with Crippen molar-refractivity contribution in [2.24, 2.45) is 5.92 Å². The number of rotatable bonds is 6. The molecule has 1 aromatic carbocycles. The number of hydrogen-bond donors (Lipinski definition) is 1. The average Bonchev–Trinajstić information content (AvgIpc) is 2.46. The summed E-state index contributed by atoms with van der Waals surface area (Å²) in [7, 11) is 0. The molecule has 0 aliphatic carbocycles. The van der Waals surface area contributed by atoms with Crippen molar-refractivity contribution in [3.8, 4) is 0 Å². The molecule has 3 nitrogen and oxygen atoms in total. The molecule has 0 atom stereocenters. The Morgan fingerprint density at radius 1 is 1.14 bits per heavy atom. The van der Waals surface area contributed by atoms with Crippen LogP contribution in [-0.2, 0) is 9.59 Å². The van der Waals surface area contributed by atoms with Gasteiger partial charge in [-0.3, -0.25) is 9.59 Å². The molecule has 1 rings (SSSR count). The lowest BCUT2D eigenvalue weighted by molar-refractivity contribution is -0.122. The first-order valence-corrected chi connectivity index (χ1v) is 9.17. The largest absolute Gasteiger partial charge is 0.320 e. The number of carbonyl (C=O) groups is 2. The molecular weight excluding hydrogens is 326 g/mol. The smallest absolute Gasteiger partial charge is 0.261 e. The van der Waals surface area contributed by atoms with Crippen LogP contribution >= 0.6 is 35.1 Å². The quantitative estimate of drug-likeness (QED) is 0.471. The monoisotopic (exact) mass is 343 g/mol. The third kappa shape index (κ3) is 4.80. The lowest BCUT2D eigenvalue weighted by atomic mass is 10.0. The second-order valence-electron chi connectivity index (χ2n) is 4.52. The highest BCUT2D eigenvalue weighted by Crippen LogP contribution is 2.30. The highest BCUT2D eigenvalue weighted by molar-refractivity contribution is 8.21. The second kappa shape index (κ2) is 8.51. The number of anilines is 1. The first-order valence-electron chi connectivity index (χ1n) is 6.34. The fourth-order valence-corrected chi connectivity index (χ4v) is 3.27. The predicted octanol–water partition coefficient (Wildman–Crippen LogP) is 4.44. The number of benzene rings is 1. The van der Waals surface area contributed by atoms with Crippen LogP contribution in [0.25, 0.3) is 0 Å². The van der Waals surface area contributed by atoms with E-state index < -0.39 is 5.91 Å². The van der Waals surface area contributed by atoms with Gasteiger partial charge in [0.25, 0.3) is 5.91 Å². The van der Waals surface area contributed by atoms with E-state index in [0.717, 1.165) is 0 Å². The number of nitrogens with one attached hydrogen (secondary N) is 1. The summed E-state index contributed by atoms with van der Waals surface area (Å²) in [6, 6.07) is 6.95. The van der Waals surface area contributed by atoms with Gasteiger partial charge in [-0.2, -0.15) is 0 Å². The fraction of sp³-hybridized carbons (Fsp3) is 0.333. The van der Waals surface area contributed by atoms with Gasteiger partial charge in [-0.05, 0) is 24.6 Å². The Bertz CT molecular complexity index is 565. The van der Waals surface area contributed by atoms with Crippen LogP contribution in [0.5, 0.6) is 0 Å². The minimum Gasteiger partial charge on any atom is -0.320 e. The first-order chi connectivity index (χ1) is 9.92. The van der Waals surface area contributed by atoms with Crippen LogP contribution in [-0.4, -0.2) is 24.2 Å². The van der Waals surface area contributed by atoms with Crippen molar-refractivity contribution < 1.29 is 9.59 Å². The van der Waals surface area contributed by atoms with Gasteiger partial charge in [0.1, 0.15) is 5.57 Å². The zero-order valence-corrected chi connectivity index (χ0v) is 14.8. The van der Waals surface area contributed by atoms with Crippen molar-refractivity contribution in [2.75, 3.05) is 17.8 Å². The molecule has 0 saturated carbocycles. The van der Waals surface area contributed by atoms with Gasteiger partial charge in [0, 0.05) is 5.92 Å². The van der Waals surface area contributed by atoms with Crippen molar-refractivity contribution in [1.29, 1.82) is 0 Å². The highest BCUT2D eigenvalue weighted by Gasteiger charge is 2.25. The first kappa shape index (κ1) is 18.1. The van der Waals surface area contributed by atoms with Crippen LogP contribution in [0, 0.1) is 5.92 Å². The molecule has 0 aliphatic heterocycles. The number of hydrogen-bond acceptors (Lipinski definition) is 4. The van der Waals surface area contributed by atoms with Gasteiger partial charge in [0.05, 0.1) is 14.9 Å². The zero-order chi connectivity index (χ0) is 16.0. The molecule has 0 saturated heterocycles. The summed E-state index contributed by atoms with van der Waals surface area (Å²) >= 11 is 8.83. The minimum atomic E-state index is -0.416. The van der Waals surface area contributed by atoms with Gasteiger partial charge in [0.2, 0.25) is 0 Å². The van der Waals surface area contributed by atoms with Crippen LogP contribution in [0.4, 0.5) is 5.69 Å². The van der Waals surface area contributed by atoms with Crippen LogP contribution in [0.15, 0.2) is 34.1 Å². The zero-order valence-electron chi connectivity index (χ0n) is 12.4. The van der Waals surface area contributed by atoms with Gasteiger partial charge in [-0.15, -0.1) is 23.5 Å². The molecule has 0 aliphatic rings. The SMILES string of the molecule is CSC(SC)=C(C(=O)Nc1ccccc1Cl)C(=O)C(C)C. The maximum Gasteiger partial charge on any atom is 0.261 e. The molecule has 0 bridgehead atoms. The topological polar surface area (TPSA) is 46.2 Å². The molecule has 114 valence electrons. The maximum atomic E-state index is 12.5. The summed E-state index contributed by atoms with van der Waals surface area (Å²) in [6.07, 6.45) is 3.70. The van der Waals surface area contributed by atoms with E-state index in [9.17, 15) is 9.59 Å². The number of amides is 1. The third-order valence-electron chi connectivity index (χ3n) is 2.69. The summed E-state index contributed by atoms with van der Waals surface area (Å²) in [5, 5.41) is 3.16. The van der Waals surface area contributed by atoms with Crippen molar-refractivity contribution >= 4 is 52.5 Å². The maximum absolute atomic E-state index is 12.5. The van der Waals surface area contributed by atoms with Gasteiger partial charge >= 0.3 is 0 Å². The number of ketones is 1. The van der Waals surface area contributed by atoms with E-state index in [1.807, 2.05) is 12.5 Å². The van der Waals surface area contributed by atoms with Crippen LogP contribution in [0.3, 0.4) is 0 Å². The van der Waals surface area contributed by atoms with Crippen LogP contribution in [0.1, 0.15) is 13.8 Å². The molecule has 0 fully saturated rings. The lowest BCUT2D eigenvalue weighted by Gasteiger charge is -2.14. The second-order valence-corrected chi connectivity index (χ2v) is 6.82. The summed E-state index contributed by atoms with van der Waals surface area (Å²) in [4.78, 5) is 24.8. The molecule has 0 aromatic heterocycles. The van der Waals surface area contributed by atoms with Gasteiger partial charge in [-0.1, -0.05) is 37.6 Å². The van der Waals surface area contributed by atoms with Crippen molar-refractivity contribution in [3.05, 3.63) is 39.1 Å². The molecule has 1 amide bonds. The van der Waals surface area contributed by atoms with E-state index >= 15 is 0 Å². The van der Waals surface area contributed by atoms with Crippen LogP contribution in [0.2, 0.25) is 5.02 Å². The Kier molecular flexibility index (Phi) is 7.35. The molecule has 0 unspecified atom stereocenters. The Balaban J connectivity index is 3.16. The average molecular weight is 344 g/mol. The standard InChI is InChI=1S/C15H18ClNO2S2/c1-9(2)13(18)12(15(20-3)21-4)14(19)17-11-8-6-5-7-10(11)16/h5-9H,1-4H3,(H,17,19). The predicted molar refractivity (Wildman–Crippen MR) is 94.0 cm³/mol. The van der Waals surface area contributed by atoms with Gasteiger partial charge < -0.3 is 5.32 Å². The number of para-hydroxylation sites is 1. The Labute approximate surface area is 138 Å². The van der Waals surface area contributed by atoms with Crippen LogP contribution < -0.4 is 5.32 Å². The van der Waals surface area contributed by atoms with Crippen molar-refractivity contribution in [1.82, 2.24) is 0 Å². The summed E-state index contributed by atoms with van der Waals surface area (Å²) in [5.74, 6) is -0.829. The number of thioether (sulfide) groups is 2. The number of Topliss-reactive ketones (excluding diaryl/α,β-unsaturated/α-hetero) is 1. The van der Waals surface area contributed by atoms with E-state index in [1.54, 1.807) is 38.1 Å². The molecule has 0 heterocycles. The Morgan fingerprint density at radius 3 is 2.19 bits per heavy atom. The molecule has 6 heteroatoms. The lowest BCUT2D eigenvalue weighted by Crippen LogP contribution is -2.24. The van der Waals surface area contributed by atoms with E-state index in [2.05, 4.69) is 5.32 Å². The van der Waals surface area contributed by atoms with E-state index in [0.29, 0.717) is 14.9 Å². The molecule has 0 radical (unpaired) electrons. The normalized spacial score (nSPS) is 10.4.